The van der Waals surface area contributed by atoms with Gasteiger partial charge in [0.2, 0.25) is 5.91 Å². The molecule has 3 heterocycles. The summed E-state index contributed by atoms with van der Waals surface area (Å²) in [5, 5.41) is 2.01. The fourth-order valence-electron chi connectivity index (χ4n) is 3.87. The monoisotopic (exact) mass is 412 g/mol. The fraction of sp³-hybridized carbons (Fsp3) is 0.409. The van der Waals surface area contributed by atoms with Gasteiger partial charge in [-0.25, -0.2) is 0 Å². The van der Waals surface area contributed by atoms with Gasteiger partial charge in [0.1, 0.15) is 0 Å². The number of benzene rings is 1. The van der Waals surface area contributed by atoms with Crippen LogP contribution in [-0.4, -0.2) is 53.3 Å². The molecule has 2 aliphatic rings. The second-order valence-corrected chi connectivity index (χ2v) is 8.43. The van der Waals surface area contributed by atoms with Crippen LogP contribution in [-0.2, 0) is 16.1 Å². The molecular formula is C22H24N2O4S. The van der Waals surface area contributed by atoms with Crippen molar-refractivity contribution in [3.8, 4) is 0 Å². The molecular weight excluding hydrogens is 388 g/mol. The van der Waals surface area contributed by atoms with Crippen LogP contribution in [0, 0.1) is 0 Å². The molecule has 0 saturated carbocycles. The van der Waals surface area contributed by atoms with Crippen molar-refractivity contribution >= 4 is 29.1 Å². The molecule has 1 aromatic carbocycles. The van der Waals surface area contributed by atoms with Crippen LogP contribution in [0.1, 0.15) is 51.3 Å². The highest BCUT2D eigenvalue weighted by atomic mass is 32.1. The summed E-state index contributed by atoms with van der Waals surface area (Å²) in [4.78, 5) is 42.0. The molecule has 1 saturated heterocycles. The van der Waals surface area contributed by atoms with E-state index in [9.17, 15) is 14.4 Å². The molecule has 2 aliphatic heterocycles. The number of fused-ring (bicyclic) bond motifs is 1. The van der Waals surface area contributed by atoms with Crippen molar-refractivity contribution in [3.05, 3.63) is 57.8 Å². The van der Waals surface area contributed by atoms with E-state index in [-0.39, 0.29) is 30.4 Å². The third kappa shape index (κ3) is 4.41. The summed E-state index contributed by atoms with van der Waals surface area (Å²) in [6, 6.07) is 10.9. The maximum atomic E-state index is 12.9. The first-order chi connectivity index (χ1) is 14.1. The van der Waals surface area contributed by atoms with Crippen LogP contribution in [0.3, 0.4) is 0 Å². The number of carbonyl (C=O) groups is 3. The molecule has 29 heavy (non-hydrogen) atoms. The van der Waals surface area contributed by atoms with Gasteiger partial charge in [-0.1, -0.05) is 18.2 Å². The number of carbonyl (C=O) groups excluding carboxylic acids is 3. The number of hydrogen-bond acceptors (Lipinski definition) is 5. The fourth-order valence-corrected chi connectivity index (χ4v) is 4.59. The molecule has 7 heteroatoms. The average molecular weight is 413 g/mol. The zero-order valence-corrected chi connectivity index (χ0v) is 17.0. The van der Waals surface area contributed by atoms with E-state index in [1.165, 1.54) is 4.90 Å². The summed E-state index contributed by atoms with van der Waals surface area (Å²) in [7, 11) is 0. The minimum Gasteiger partial charge on any atom is -0.376 e. The largest absolute Gasteiger partial charge is 0.376 e. The molecule has 2 aromatic rings. The lowest BCUT2D eigenvalue weighted by Crippen LogP contribution is -2.37. The Morgan fingerprint density at radius 1 is 1.14 bits per heavy atom. The van der Waals surface area contributed by atoms with E-state index in [2.05, 4.69) is 0 Å². The smallest absolute Gasteiger partial charge is 0.261 e. The molecule has 152 valence electrons. The first-order valence-electron chi connectivity index (χ1n) is 10.0. The Morgan fingerprint density at radius 2 is 1.90 bits per heavy atom. The van der Waals surface area contributed by atoms with Gasteiger partial charge in [0.25, 0.3) is 11.8 Å². The summed E-state index contributed by atoms with van der Waals surface area (Å²) in [5.74, 6) is -0.508. The van der Waals surface area contributed by atoms with Gasteiger partial charge < -0.3 is 9.64 Å². The van der Waals surface area contributed by atoms with Crippen LogP contribution < -0.4 is 0 Å². The van der Waals surface area contributed by atoms with E-state index >= 15 is 0 Å². The zero-order valence-electron chi connectivity index (χ0n) is 16.2. The summed E-state index contributed by atoms with van der Waals surface area (Å²) in [6.07, 6.45) is 2.85. The van der Waals surface area contributed by atoms with Crippen LogP contribution in [0.25, 0.3) is 0 Å². The molecule has 6 nitrogen and oxygen atoms in total. The second-order valence-electron chi connectivity index (χ2n) is 7.40. The van der Waals surface area contributed by atoms with Crippen molar-refractivity contribution in [1.29, 1.82) is 0 Å². The van der Waals surface area contributed by atoms with Crippen molar-refractivity contribution < 1.29 is 19.1 Å². The van der Waals surface area contributed by atoms with Crippen molar-refractivity contribution in [1.82, 2.24) is 9.80 Å². The van der Waals surface area contributed by atoms with Gasteiger partial charge >= 0.3 is 0 Å². The highest BCUT2D eigenvalue weighted by Gasteiger charge is 2.34. The quantitative estimate of drug-likeness (QED) is 0.624. The Bertz CT molecular complexity index is 855. The molecule has 1 aromatic heterocycles. The molecule has 3 amide bonds. The molecule has 0 radical (unpaired) electrons. The Balaban J connectivity index is 1.34. The summed E-state index contributed by atoms with van der Waals surface area (Å²) >= 11 is 1.63. The Labute approximate surface area is 174 Å². The van der Waals surface area contributed by atoms with Gasteiger partial charge in [-0.15, -0.1) is 11.3 Å². The summed E-state index contributed by atoms with van der Waals surface area (Å²) < 4.78 is 5.71. The van der Waals surface area contributed by atoms with Gasteiger partial charge in [-0.2, -0.15) is 0 Å². The lowest BCUT2D eigenvalue weighted by molar-refractivity contribution is -0.133. The third-order valence-corrected chi connectivity index (χ3v) is 6.24. The van der Waals surface area contributed by atoms with Crippen LogP contribution >= 0.6 is 11.3 Å². The predicted octanol–water partition coefficient (Wildman–Crippen LogP) is 3.33. The van der Waals surface area contributed by atoms with Gasteiger partial charge in [0, 0.05) is 31.0 Å². The van der Waals surface area contributed by atoms with E-state index in [4.69, 9.17) is 4.74 Å². The summed E-state index contributed by atoms with van der Waals surface area (Å²) in [6.45, 7) is 2.17. The number of rotatable bonds is 8. The van der Waals surface area contributed by atoms with Crippen molar-refractivity contribution in [2.75, 3.05) is 19.7 Å². The van der Waals surface area contributed by atoms with Gasteiger partial charge in [0.15, 0.2) is 0 Å². The van der Waals surface area contributed by atoms with Gasteiger partial charge in [0.05, 0.1) is 23.8 Å². The SMILES string of the molecule is O=C(CCCN1C(=O)c2ccccc2C1=O)N(Cc1cccs1)CC1CCCO1. The van der Waals surface area contributed by atoms with E-state index < -0.39 is 0 Å². The van der Waals surface area contributed by atoms with Crippen molar-refractivity contribution in [2.24, 2.45) is 0 Å². The minimum atomic E-state index is -0.271. The van der Waals surface area contributed by atoms with E-state index in [0.29, 0.717) is 37.1 Å². The van der Waals surface area contributed by atoms with Gasteiger partial charge in [-0.05, 0) is 42.8 Å². The Kier molecular flexibility index (Phi) is 6.06. The number of amides is 3. The van der Waals surface area contributed by atoms with E-state index in [0.717, 1.165) is 24.3 Å². The number of ether oxygens (including phenoxy) is 1. The second kappa shape index (κ2) is 8.88. The molecule has 1 unspecified atom stereocenters. The molecule has 0 bridgehead atoms. The Hall–Kier alpha value is -2.51. The van der Waals surface area contributed by atoms with E-state index in [1.807, 2.05) is 22.4 Å². The highest BCUT2D eigenvalue weighted by Crippen LogP contribution is 2.23. The maximum Gasteiger partial charge on any atom is 0.261 e. The molecule has 0 spiro atoms. The average Bonchev–Trinajstić information content (AvgIpc) is 3.47. The van der Waals surface area contributed by atoms with Crippen molar-refractivity contribution in [2.45, 2.75) is 38.3 Å². The topological polar surface area (TPSA) is 66.9 Å². The molecule has 4 rings (SSSR count). The first kappa shape index (κ1) is 19.8. The first-order valence-corrected chi connectivity index (χ1v) is 10.9. The minimum absolute atomic E-state index is 0.0329. The van der Waals surface area contributed by atoms with Crippen LogP contribution in [0.5, 0.6) is 0 Å². The normalized spacial score (nSPS) is 18.3. The molecule has 0 N–H and O–H groups in total. The lowest BCUT2D eigenvalue weighted by Gasteiger charge is -2.25. The predicted molar refractivity (Wildman–Crippen MR) is 110 cm³/mol. The lowest BCUT2D eigenvalue weighted by atomic mass is 10.1. The highest BCUT2D eigenvalue weighted by molar-refractivity contribution is 7.09. The summed E-state index contributed by atoms with van der Waals surface area (Å²) in [5.41, 5.74) is 0.892. The van der Waals surface area contributed by atoms with E-state index in [1.54, 1.807) is 35.6 Å². The maximum absolute atomic E-state index is 12.9. The van der Waals surface area contributed by atoms with Crippen LogP contribution in [0.4, 0.5) is 0 Å². The number of nitrogens with zero attached hydrogens (tertiary/aromatic N) is 2. The molecule has 1 fully saturated rings. The third-order valence-electron chi connectivity index (χ3n) is 5.38. The number of imide groups is 1. The van der Waals surface area contributed by atoms with Crippen LogP contribution in [0.2, 0.25) is 0 Å². The Morgan fingerprint density at radius 3 is 2.52 bits per heavy atom. The standard InChI is InChI=1S/C22H24N2O4S/c25-20(23(14-16-6-4-12-28-16)15-17-7-5-13-29-17)10-3-11-24-21(26)18-8-1-2-9-19(18)22(24)27/h1-2,5,7-9,13,16H,3-4,6,10-12,14-15H2. The van der Waals surface area contributed by atoms with Crippen molar-refractivity contribution in [3.63, 3.8) is 0 Å². The zero-order chi connectivity index (χ0) is 20.2. The van der Waals surface area contributed by atoms with Crippen LogP contribution in [0.15, 0.2) is 41.8 Å². The number of thiophene rings is 1. The van der Waals surface area contributed by atoms with Gasteiger partial charge in [-0.3, -0.25) is 19.3 Å². The number of hydrogen-bond donors (Lipinski definition) is 0. The molecule has 1 atom stereocenters. The molecule has 0 aliphatic carbocycles.